The molecule has 6 heteroatoms. The molecule has 0 aliphatic heterocycles. The molecule has 0 aromatic carbocycles. The van der Waals surface area contributed by atoms with E-state index in [1.54, 1.807) is 0 Å². The summed E-state index contributed by atoms with van der Waals surface area (Å²) in [7, 11) is 0. The lowest BCUT2D eigenvalue weighted by Crippen LogP contribution is -2.30. The molecule has 0 aliphatic rings. The number of allylic oxidation sites excluding steroid dienone is 16. The van der Waals surface area contributed by atoms with Crippen LogP contribution >= 0.6 is 0 Å². The van der Waals surface area contributed by atoms with Crippen molar-refractivity contribution in [2.24, 2.45) is 0 Å². The van der Waals surface area contributed by atoms with Crippen molar-refractivity contribution in [3.63, 3.8) is 0 Å². The first-order valence-electron chi connectivity index (χ1n) is 25.7. The Balaban J connectivity index is 4.18. The Morgan fingerprint density at radius 3 is 0.968 bits per heavy atom. The SMILES string of the molecule is CC/C=C\C/C=C\C/C=C\C/C=C\C/C=C\C/C=C\C/C=C\C/C=C\CCCCCCC(=O)OCC(COC(=O)CCCCCCCCC)OC(=O)CCCCCCCCCCC. The maximum absolute atomic E-state index is 12.7. The first-order chi connectivity index (χ1) is 31.0. The molecule has 1 unspecified atom stereocenters. The molecule has 0 N–H and O–H groups in total. The van der Waals surface area contributed by atoms with Crippen molar-refractivity contribution in [3.8, 4) is 0 Å². The molecule has 0 bridgehead atoms. The van der Waals surface area contributed by atoms with Gasteiger partial charge >= 0.3 is 17.9 Å². The zero-order valence-electron chi connectivity index (χ0n) is 40.8. The molecular formula is C57H94O6. The molecule has 0 radical (unpaired) electrons. The Kier molecular flexibility index (Phi) is 48.0. The molecule has 6 nitrogen and oxygen atoms in total. The van der Waals surface area contributed by atoms with Gasteiger partial charge in [-0.25, -0.2) is 0 Å². The van der Waals surface area contributed by atoms with Crippen LogP contribution in [0, 0.1) is 0 Å². The number of esters is 3. The van der Waals surface area contributed by atoms with Crippen molar-refractivity contribution < 1.29 is 28.6 Å². The van der Waals surface area contributed by atoms with Gasteiger partial charge in [-0.05, 0) is 83.5 Å². The molecule has 0 aliphatic carbocycles. The van der Waals surface area contributed by atoms with Crippen molar-refractivity contribution in [2.45, 2.75) is 232 Å². The van der Waals surface area contributed by atoms with Crippen molar-refractivity contribution >= 4 is 17.9 Å². The molecule has 0 aromatic rings. The van der Waals surface area contributed by atoms with Crippen molar-refractivity contribution in [2.75, 3.05) is 13.2 Å². The van der Waals surface area contributed by atoms with Gasteiger partial charge in [0.15, 0.2) is 6.10 Å². The predicted molar refractivity (Wildman–Crippen MR) is 270 cm³/mol. The molecule has 1 atom stereocenters. The number of carbonyl (C=O) groups is 3. The molecule has 0 rings (SSSR count). The van der Waals surface area contributed by atoms with Crippen LogP contribution in [-0.2, 0) is 28.6 Å². The first-order valence-corrected chi connectivity index (χ1v) is 25.7. The summed E-state index contributed by atoms with van der Waals surface area (Å²) in [6.45, 7) is 6.42. The van der Waals surface area contributed by atoms with Crippen LogP contribution in [0.25, 0.3) is 0 Å². The van der Waals surface area contributed by atoms with Crippen LogP contribution in [0.2, 0.25) is 0 Å². The van der Waals surface area contributed by atoms with Crippen molar-refractivity contribution in [1.29, 1.82) is 0 Å². The molecule has 358 valence electrons. The van der Waals surface area contributed by atoms with Gasteiger partial charge in [0.2, 0.25) is 0 Å². The highest BCUT2D eigenvalue weighted by Crippen LogP contribution is 2.13. The lowest BCUT2D eigenvalue weighted by molar-refractivity contribution is -0.167. The fraction of sp³-hybridized carbons (Fsp3) is 0.667. The summed E-state index contributed by atoms with van der Waals surface area (Å²) in [5, 5.41) is 0. The fourth-order valence-corrected chi connectivity index (χ4v) is 6.75. The highest BCUT2D eigenvalue weighted by molar-refractivity contribution is 5.71. The summed E-state index contributed by atoms with van der Waals surface area (Å²) in [5.41, 5.74) is 0. The van der Waals surface area contributed by atoms with E-state index in [2.05, 4.69) is 118 Å². The van der Waals surface area contributed by atoms with Gasteiger partial charge in [0.25, 0.3) is 0 Å². The summed E-state index contributed by atoms with van der Waals surface area (Å²) in [6, 6.07) is 0. The minimum absolute atomic E-state index is 0.0844. The lowest BCUT2D eigenvalue weighted by atomic mass is 10.1. The van der Waals surface area contributed by atoms with E-state index in [1.165, 1.54) is 64.2 Å². The second-order valence-electron chi connectivity index (χ2n) is 16.7. The van der Waals surface area contributed by atoms with Crippen LogP contribution < -0.4 is 0 Å². The zero-order valence-corrected chi connectivity index (χ0v) is 40.8. The second-order valence-corrected chi connectivity index (χ2v) is 16.7. The molecule has 63 heavy (non-hydrogen) atoms. The van der Waals surface area contributed by atoms with E-state index in [9.17, 15) is 14.4 Å². The average Bonchev–Trinajstić information content (AvgIpc) is 3.28. The second kappa shape index (κ2) is 51.0. The quantitative estimate of drug-likeness (QED) is 0.0262. The fourth-order valence-electron chi connectivity index (χ4n) is 6.75. The van der Waals surface area contributed by atoms with Gasteiger partial charge < -0.3 is 14.2 Å². The number of ether oxygens (including phenoxy) is 3. The maximum atomic E-state index is 12.7. The van der Waals surface area contributed by atoms with Crippen molar-refractivity contribution in [1.82, 2.24) is 0 Å². The van der Waals surface area contributed by atoms with Gasteiger partial charge in [-0.15, -0.1) is 0 Å². The zero-order chi connectivity index (χ0) is 45.8. The van der Waals surface area contributed by atoms with Crippen LogP contribution in [0.3, 0.4) is 0 Å². The van der Waals surface area contributed by atoms with E-state index in [-0.39, 0.29) is 31.1 Å². The molecule has 0 aromatic heterocycles. The lowest BCUT2D eigenvalue weighted by Gasteiger charge is -2.18. The minimum Gasteiger partial charge on any atom is -0.462 e. The van der Waals surface area contributed by atoms with Crippen LogP contribution in [0.15, 0.2) is 97.2 Å². The Morgan fingerprint density at radius 1 is 0.333 bits per heavy atom. The Morgan fingerprint density at radius 2 is 0.619 bits per heavy atom. The normalized spacial score (nSPS) is 12.9. The highest BCUT2D eigenvalue weighted by Gasteiger charge is 2.19. The summed E-state index contributed by atoms with van der Waals surface area (Å²) < 4.78 is 16.6. The highest BCUT2D eigenvalue weighted by atomic mass is 16.6. The van der Waals surface area contributed by atoms with Crippen LogP contribution in [0.5, 0.6) is 0 Å². The predicted octanol–water partition coefficient (Wildman–Crippen LogP) is 17.0. The van der Waals surface area contributed by atoms with E-state index < -0.39 is 6.10 Å². The number of hydrogen-bond acceptors (Lipinski definition) is 6. The minimum atomic E-state index is -0.781. The molecule has 0 spiro atoms. The van der Waals surface area contributed by atoms with Crippen molar-refractivity contribution in [3.05, 3.63) is 97.2 Å². The molecule has 0 saturated carbocycles. The topological polar surface area (TPSA) is 78.9 Å². The van der Waals surface area contributed by atoms with Gasteiger partial charge in [-0.3, -0.25) is 14.4 Å². The van der Waals surface area contributed by atoms with E-state index in [1.807, 2.05) is 0 Å². The molecule has 0 saturated heterocycles. The van der Waals surface area contributed by atoms with Gasteiger partial charge in [-0.1, -0.05) is 221 Å². The number of rotatable bonds is 45. The Bertz CT molecular complexity index is 1280. The van der Waals surface area contributed by atoms with Crippen LogP contribution in [0.1, 0.15) is 226 Å². The molecule has 0 heterocycles. The first kappa shape index (κ1) is 59.3. The monoisotopic (exact) mass is 875 g/mol. The van der Waals surface area contributed by atoms with Gasteiger partial charge in [-0.2, -0.15) is 0 Å². The number of hydrogen-bond donors (Lipinski definition) is 0. The maximum Gasteiger partial charge on any atom is 0.306 e. The van der Waals surface area contributed by atoms with Gasteiger partial charge in [0.05, 0.1) is 0 Å². The number of unbranched alkanes of at least 4 members (excludes halogenated alkanes) is 18. The number of carbonyl (C=O) groups excluding carboxylic acids is 3. The molecule has 0 amide bonds. The van der Waals surface area contributed by atoms with E-state index in [0.717, 1.165) is 122 Å². The Labute approximate surface area is 387 Å². The smallest absolute Gasteiger partial charge is 0.306 e. The van der Waals surface area contributed by atoms with Crippen LogP contribution in [-0.4, -0.2) is 37.2 Å². The van der Waals surface area contributed by atoms with Crippen LogP contribution in [0.4, 0.5) is 0 Å². The largest absolute Gasteiger partial charge is 0.462 e. The third kappa shape index (κ3) is 49.2. The van der Waals surface area contributed by atoms with E-state index in [0.29, 0.717) is 19.3 Å². The third-order valence-electron chi connectivity index (χ3n) is 10.6. The van der Waals surface area contributed by atoms with E-state index in [4.69, 9.17) is 14.2 Å². The van der Waals surface area contributed by atoms with E-state index >= 15 is 0 Å². The van der Waals surface area contributed by atoms with Gasteiger partial charge in [0.1, 0.15) is 13.2 Å². The standard InChI is InChI=1S/C57H94O6/c1-4-7-10-13-16-18-19-20-21-22-23-24-25-26-27-28-29-30-31-32-33-34-35-36-37-39-41-44-47-50-56(59)62-53-54(52-61-55(58)49-46-43-40-15-12-9-6-3)63-57(60)51-48-45-42-38-17-14-11-8-5-2/h7,10,16,18,20-21,23-24,26-27,29-30,32-33,35-36,54H,4-6,8-9,11-15,17,19,22,25,28,31,34,37-53H2,1-3H3/b10-7-,18-16-,21-20-,24-23-,27-26-,30-29-,33-32-,36-35-. The Hall–Kier alpha value is -3.67. The summed E-state index contributed by atoms with van der Waals surface area (Å²) in [5.74, 6) is -0.925. The summed E-state index contributed by atoms with van der Waals surface area (Å²) in [4.78, 5) is 37.6. The summed E-state index contributed by atoms with van der Waals surface area (Å²) >= 11 is 0. The molecular weight excluding hydrogens is 781 g/mol. The summed E-state index contributed by atoms with van der Waals surface area (Å²) in [6.07, 6.45) is 67.1. The third-order valence-corrected chi connectivity index (χ3v) is 10.6. The van der Waals surface area contributed by atoms with Gasteiger partial charge in [0, 0.05) is 19.3 Å². The average molecular weight is 875 g/mol. The molecule has 0 fully saturated rings.